The van der Waals surface area contributed by atoms with Crippen molar-refractivity contribution in [2.24, 2.45) is 0 Å². The van der Waals surface area contributed by atoms with E-state index >= 15 is 0 Å². The minimum Gasteiger partial charge on any atom is -0.311 e. The number of rotatable bonds is 8. The summed E-state index contributed by atoms with van der Waals surface area (Å²) in [7, 11) is 2.18. The fourth-order valence-corrected chi connectivity index (χ4v) is 1.72. The highest BCUT2D eigenvalue weighted by Crippen LogP contribution is 1.98. The van der Waals surface area contributed by atoms with E-state index in [0.717, 1.165) is 26.2 Å². The smallest absolute Gasteiger partial charge is 0.0521 e. The Bertz CT molecular complexity index is 306. The molecule has 98 valence electrons. The Morgan fingerprint density at radius 2 is 2.24 bits per heavy atom. The van der Waals surface area contributed by atoms with Gasteiger partial charge in [0.2, 0.25) is 0 Å². The SMILES string of the molecule is CCn1nccc1CNCCCN(C)C(C)C. The molecular formula is C13H26N4. The van der Waals surface area contributed by atoms with Crippen LogP contribution in [0.5, 0.6) is 0 Å². The topological polar surface area (TPSA) is 33.1 Å². The Hall–Kier alpha value is -0.870. The van der Waals surface area contributed by atoms with Gasteiger partial charge in [-0.1, -0.05) is 0 Å². The second-order valence-electron chi connectivity index (χ2n) is 4.74. The second-order valence-corrected chi connectivity index (χ2v) is 4.74. The highest BCUT2D eigenvalue weighted by Gasteiger charge is 2.02. The zero-order chi connectivity index (χ0) is 12.7. The van der Waals surface area contributed by atoms with Gasteiger partial charge in [-0.3, -0.25) is 4.68 Å². The number of aryl methyl sites for hydroxylation is 1. The Labute approximate surface area is 105 Å². The molecule has 0 saturated heterocycles. The zero-order valence-corrected chi connectivity index (χ0v) is 11.6. The van der Waals surface area contributed by atoms with E-state index in [0.29, 0.717) is 6.04 Å². The third-order valence-corrected chi connectivity index (χ3v) is 3.16. The van der Waals surface area contributed by atoms with Gasteiger partial charge in [-0.15, -0.1) is 0 Å². The third kappa shape index (κ3) is 4.88. The predicted molar refractivity (Wildman–Crippen MR) is 72.0 cm³/mol. The first-order valence-corrected chi connectivity index (χ1v) is 6.56. The van der Waals surface area contributed by atoms with Crippen molar-refractivity contribution in [2.45, 2.75) is 46.3 Å². The number of hydrogen-bond donors (Lipinski definition) is 1. The molecular weight excluding hydrogens is 212 g/mol. The average molecular weight is 238 g/mol. The lowest BCUT2D eigenvalue weighted by molar-refractivity contribution is 0.269. The van der Waals surface area contributed by atoms with Gasteiger partial charge in [0, 0.05) is 25.3 Å². The molecule has 1 heterocycles. The van der Waals surface area contributed by atoms with Crippen LogP contribution in [0.1, 0.15) is 32.9 Å². The number of nitrogens with zero attached hydrogens (tertiary/aromatic N) is 3. The molecule has 1 rings (SSSR count). The maximum Gasteiger partial charge on any atom is 0.0521 e. The minimum atomic E-state index is 0.636. The molecule has 0 aliphatic heterocycles. The van der Waals surface area contributed by atoms with Crippen LogP contribution in [-0.4, -0.2) is 40.9 Å². The van der Waals surface area contributed by atoms with Crippen molar-refractivity contribution in [2.75, 3.05) is 20.1 Å². The summed E-state index contributed by atoms with van der Waals surface area (Å²) in [6.07, 6.45) is 3.06. The lowest BCUT2D eigenvalue weighted by Crippen LogP contribution is -2.29. The molecule has 17 heavy (non-hydrogen) atoms. The lowest BCUT2D eigenvalue weighted by Gasteiger charge is -2.20. The Morgan fingerprint density at radius 3 is 2.88 bits per heavy atom. The summed E-state index contributed by atoms with van der Waals surface area (Å²) in [5, 5.41) is 7.72. The summed E-state index contributed by atoms with van der Waals surface area (Å²) in [4.78, 5) is 2.37. The Balaban J connectivity index is 2.12. The van der Waals surface area contributed by atoms with E-state index in [4.69, 9.17) is 0 Å². The molecule has 1 aromatic heterocycles. The minimum absolute atomic E-state index is 0.636. The van der Waals surface area contributed by atoms with Gasteiger partial charge < -0.3 is 10.2 Å². The second kappa shape index (κ2) is 7.45. The van der Waals surface area contributed by atoms with Crippen molar-refractivity contribution in [1.82, 2.24) is 20.0 Å². The van der Waals surface area contributed by atoms with E-state index in [9.17, 15) is 0 Å². The molecule has 4 nitrogen and oxygen atoms in total. The first-order chi connectivity index (χ1) is 8.15. The predicted octanol–water partition coefficient (Wildman–Crippen LogP) is 1.72. The Kier molecular flexibility index (Phi) is 6.22. The van der Waals surface area contributed by atoms with Crippen LogP contribution in [0.3, 0.4) is 0 Å². The van der Waals surface area contributed by atoms with Gasteiger partial charge in [-0.2, -0.15) is 5.10 Å². The number of hydrogen-bond acceptors (Lipinski definition) is 3. The zero-order valence-electron chi connectivity index (χ0n) is 11.6. The summed E-state index contributed by atoms with van der Waals surface area (Å²) in [5.41, 5.74) is 1.27. The van der Waals surface area contributed by atoms with Crippen molar-refractivity contribution in [3.05, 3.63) is 18.0 Å². The maximum atomic E-state index is 4.25. The van der Waals surface area contributed by atoms with Crippen molar-refractivity contribution < 1.29 is 0 Å². The van der Waals surface area contributed by atoms with Crippen molar-refractivity contribution >= 4 is 0 Å². The summed E-state index contributed by atoms with van der Waals surface area (Å²) in [6, 6.07) is 2.72. The van der Waals surface area contributed by atoms with E-state index in [2.05, 4.69) is 49.2 Å². The summed E-state index contributed by atoms with van der Waals surface area (Å²) in [6.45, 7) is 10.7. The number of aromatic nitrogens is 2. The van der Waals surface area contributed by atoms with Crippen molar-refractivity contribution in [1.29, 1.82) is 0 Å². The van der Waals surface area contributed by atoms with Crippen LogP contribution in [-0.2, 0) is 13.1 Å². The van der Waals surface area contributed by atoms with E-state index in [-0.39, 0.29) is 0 Å². The van der Waals surface area contributed by atoms with E-state index < -0.39 is 0 Å². The monoisotopic (exact) mass is 238 g/mol. The van der Waals surface area contributed by atoms with Gasteiger partial charge in [0.05, 0.1) is 5.69 Å². The molecule has 0 unspecified atom stereocenters. The maximum absolute atomic E-state index is 4.25. The molecule has 0 saturated carbocycles. The van der Waals surface area contributed by atoms with E-state index in [1.807, 2.05) is 10.9 Å². The summed E-state index contributed by atoms with van der Waals surface area (Å²) in [5.74, 6) is 0. The van der Waals surface area contributed by atoms with Crippen LogP contribution >= 0.6 is 0 Å². The molecule has 0 aliphatic rings. The first kappa shape index (κ1) is 14.2. The van der Waals surface area contributed by atoms with E-state index in [1.165, 1.54) is 12.1 Å². The van der Waals surface area contributed by atoms with Crippen LogP contribution in [0, 0.1) is 0 Å². The lowest BCUT2D eigenvalue weighted by atomic mass is 10.3. The number of nitrogens with one attached hydrogen (secondary N) is 1. The molecule has 0 aromatic carbocycles. The van der Waals surface area contributed by atoms with Crippen LogP contribution in [0.4, 0.5) is 0 Å². The highest BCUT2D eigenvalue weighted by molar-refractivity contribution is 4.99. The van der Waals surface area contributed by atoms with Gasteiger partial charge in [0.1, 0.15) is 0 Å². The molecule has 0 aliphatic carbocycles. The van der Waals surface area contributed by atoms with Gasteiger partial charge in [0.15, 0.2) is 0 Å². The van der Waals surface area contributed by atoms with Crippen LogP contribution < -0.4 is 5.32 Å². The van der Waals surface area contributed by atoms with Gasteiger partial charge >= 0.3 is 0 Å². The van der Waals surface area contributed by atoms with Gasteiger partial charge in [0.25, 0.3) is 0 Å². The third-order valence-electron chi connectivity index (χ3n) is 3.16. The molecule has 4 heteroatoms. The summed E-state index contributed by atoms with van der Waals surface area (Å²) >= 11 is 0. The normalized spacial score (nSPS) is 11.6. The van der Waals surface area contributed by atoms with Crippen LogP contribution in [0.25, 0.3) is 0 Å². The van der Waals surface area contributed by atoms with Gasteiger partial charge in [-0.25, -0.2) is 0 Å². The molecule has 0 fully saturated rings. The molecule has 0 spiro atoms. The highest BCUT2D eigenvalue weighted by atomic mass is 15.3. The molecule has 1 N–H and O–H groups in total. The van der Waals surface area contributed by atoms with E-state index in [1.54, 1.807) is 0 Å². The molecule has 0 radical (unpaired) electrons. The molecule has 0 amide bonds. The van der Waals surface area contributed by atoms with Crippen LogP contribution in [0.2, 0.25) is 0 Å². The largest absolute Gasteiger partial charge is 0.311 e. The summed E-state index contributed by atoms with van der Waals surface area (Å²) < 4.78 is 2.03. The quantitative estimate of drug-likeness (QED) is 0.700. The van der Waals surface area contributed by atoms with Crippen molar-refractivity contribution in [3.63, 3.8) is 0 Å². The fourth-order valence-electron chi connectivity index (χ4n) is 1.72. The standard InChI is InChI=1S/C13H26N4/c1-5-17-13(7-9-15-17)11-14-8-6-10-16(4)12(2)3/h7,9,12,14H,5-6,8,10-11H2,1-4H3. The molecule has 0 bridgehead atoms. The first-order valence-electron chi connectivity index (χ1n) is 6.56. The molecule has 0 atom stereocenters. The van der Waals surface area contributed by atoms with Gasteiger partial charge in [-0.05, 0) is 53.4 Å². The van der Waals surface area contributed by atoms with Crippen LogP contribution in [0.15, 0.2) is 12.3 Å². The Morgan fingerprint density at radius 1 is 1.47 bits per heavy atom. The average Bonchev–Trinajstić information content (AvgIpc) is 2.75. The molecule has 1 aromatic rings. The fraction of sp³-hybridized carbons (Fsp3) is 0.769. The van der Waals surface area contributed by atoms with Crippen molar-refractivity contribution in [3.8, 4) is 0 Å².